The molecule has 134 valence electrons. The van der Waals surface area contributed by atoms with Crippen molar-refractivity contribution in [1.29, 1.82) is 0 Å². The molecule has 4 rings (SSSR count). The van der Waals surface area contributed by atoms with Crippen LogP contribution in [0.3, 0.4) is 0 Å². The lowest BCUT2D eigenvalue weighted by Crippen LogP contribution is -1.95. The minimum atomic E-state index is 0.516. The smallest absolute Gasteiger partial charge is 0.138 e. The Morgan fingerprint density at radius 3 is 2.26 bits per heavy atom. The zero-order chi connectivity index (χ0) is 18.6. The lowest BCUT2D eigenvalue weighted by atomic mass is 10.1. The van der Waals surface area contributed by atoms with Gasteiger partial charge in [0, 0.05) is 23.0 Å². The van der Waals surface area contributed by atoms with Gasteiger partial charge in [0.25, 0.3) is 0 Å². The highest BCUT2D eigenvalue weighted by atomic mass is 35.5. The van der Waals surface area contributed by atoms with Crippen molar-refractivity contribution in [2.45, 2.75) is 13.5 Å². The van der Waals surface area contributed by atoms with Crippen LogP contribution in [0.5, 0.6) is 5.75 Å². The first kappa shape index (κ1) is 17.3. The lowest BCUT2D eigenvalue weighted by Gasteiger charge is -2.06. The minimum Gasteiger partial charge on any atom is -0.489 e. The zero-order valence-electron chi connectivity index (χ0n) is 14.8. The summed E-state index contributed by atoms with van der Waals surface area (Å²) in [6.07, 6.45) is 3.53. The number of rotatable bonds is 5. The number of benzene rings is 2. The number of aromatic nitrogens is 3. The highest BCUT2D eigenvalue weighted by Gasteiger charge is 2.10. The van der Waals surface area contributed by atoms with Crippen molar-refractivity contribution in [3.8, 4) is 28.4 Å². The van der Waals surface area contributed by atoms with Crippen LogP contribution in [-0.4, -0.2) is 15.0 Å². The van der Waals surface area contributed by atoms with Gasteiger partial charge in [0.05, 0.1) is 11.4 Å². The van der Waals surface area contributed by atoms with Crippen LogP contribution in [0.1, 0.15) is 11.3 Å². The highest BCUT2D eigenvalue weighted by molar-refractivity contribution is 6.30. The summed E-state index contributed by atoms with van der Waals surface area (Å²) in [6.45, 7) is 2.51. The molecule has 1 N–H and O–H groups in total. The van der Waals surface area contributed by atoms with Crippen LogP contribution in [-0.2, 0) is 6.61 Å². The minimum absolute atomic E-state index is 0.516. The number of ether oxygens (including phenoxy) is 1. The molecule has 0 amide bonds. The summed E-state index contributed by atoms with van der Waals surface area (Å²) in [5.41, 5.74) is 5.11. The molecule has 0 atom stereocenters. The summed E-state index contributed by atoms with van der Waals surface area (Å²) >= 11 is 5.98. The Bertz CT molecular complexity index is 1030. The summed E-state index contributed by atoms with van der Waals surface area (Å²) < 4.78 is 5.82. The summed E-state index contributed by atoms with van der Waals surface area (Å²) in [6, 6.07) is 19.5. The Labute approximate surface area is 162 Å². The predicted octanol–water partition coefficient (Wildman–Crippen LogP) is 5.68. The van der Waals surface area contributed by atoms with Gasteiger partial charge in [0.1, 0.15) is 18.2 Å². The number of aryl methyl sites for hydroxylation is 1. The molecule has 0 fully saturated rings. The maximum atomic E-state index is 5.98. The lowest BCUT2D eigenvalue weighted by molar-refractivity contribution is 0.306. The van der Waals surface area contributed by atoms with Crippen molar-refractivity contribution in [3.05, 3.63) is 89.3 Å². The van der Waals surface area contributed by atoms with E-state index in [1.807, 2.05) is 67.6 Å². The van der Waals surface area contributed by atoms with Gasteiger partial charge in [0.15, 0.2) is 0 Å². The number of H-pyrrole nitrogens is 1. The molecule has 2 aromatic carbocycles. The quantitative estimate of drug-likeness (QED) is 0.488. The molecular formula is C22H18ClN3O. The number of hydrogen-bond acceptors (Lipinski definition) is 3. The van der Waals surface area contributed by atoms with E-state index in [1.165, 1.54) is 0 Å². The van der Waals surface area contributed by atoms with E-state index in [0.717, 1.165) is 44.7 Å². The van der Waals surface area contributed by atoms with E-state index >= 15 is 0 Å². The summed E-state index contributed by atoms with van der Waals surface area (Å²) in [4.78, 5) is 12.1. The molecule has 0 saturated carbocycles. The maximum absolute atomic E-state index is 5.98. The summed E-state index contributed by atoms with van der Waals surface area (Å²) in [5.74, 6) is 1.65. The number of pyridine rings is 1. The van der Waals surface area contributed by atoms with E-state index in [0.29, 0.717) is 6.61 Å². The molecule has 0 radical (unpaired) electrons. The average molecular weight is 376 g/mol. The molecule has 27 heavy (non-hydrogen) atoms. The summed E-state index contributed by atoms with van der Waals surface area (Å²) in [7, 11) is 0. The van der Waals surface area contributed by atoms with Crippen molar-refractivity contribution in [3.63, 3.8) is 0 Å². The van der Waals surface area contributed by atoms with Crippen molar-refractivity contribution >= 4 is 11.6 Å². The fourth-order valence-electron chi connectivity index (χ4n) is 2.85. The molecule has 2 heterocycles. The van der Waals surface area contributed by atoms with Gasteiger partial charge < -0.3 is 9.72 Å². The number of aromatic amines is 1. The largest absolute Gasteiger partial charge is 0.489 e. The van der Waals surface area contributed by atoms with E-state index < -0.39 is 0 Å². The molecule has 0 unspecified atom stereocenters. The predicted molar refractivity (Wildman–Crippen MR) is 108 cm³/mol. The molecule has 4 aromatic rings. The maximum Gasteiger partial charge on any atom is 0.138 e. The topological polar surface area (TPSA) is 50.8 Å². The van der Waals surface area contributed by atoms with Gasteiger partial charge in [-0.1, -0.05) is 23.7 Å². The standard InChI is InChI=1S/C22H18ClN3O/c1-15-21(17-2-6-19(23)7-3-17)26-22(25-15)18-4-8-20(9-5-18)27-14-16-10-12-24-13-11-16/h2-13H,14H2,1H3,(H,25,26). The van der Waals surface area contributed by atoms with E-state index in [4.69, 9.17) is 16.3 Å². The number of nitrogens with one attached hydrogen (secondary N) is 1. The van der Waals surface area contributed by atoms with Gasteiger partial charge in [0.2, 0.25) is 0 Å². The number of halogens is 1. The van der Waals surface area contributed by atoms with Crippen LogP contribution in [0, 0.1) is 6.92 Å². The fourth-order valence-corrected chi connectivity index (χ4v) is 2.98. The molecule has 0 spiro atoms. The fraction of sp³-hybridized carbons (Fsp3) is 0.0909. The van der Waals surface area contributed by atoms with Crippen LogP contribution >= 0.6 is 11.6 Å². The van der Waals surface area contributed by atoms with E-state index in [2.05, 4.69) is 15.0 Å². The molecule has 0 bridgehead atoms. The second-order valence-corrected chi connectivity index (χ2v) is 6.66. The van der Waals surface area contributed by atoms with Crippen molar-refractivity contribution in [2.24, 2.45) is 0 Å². The molecule has 0 aliphatic carbocycles. The Balaban J connectivity index is 1.50. The number of hydrogen-bond donors (Lipinski definition) is 1. The SMILES string of the molecule is Cc1nc(-c2ccc(OCc3ccncc3)cc2)[nH]c1-c1ccc(Cl)cc1. The molecular weight excluding hydrogens is 358 g/mol. The van der Waals surface area contributed by atoms with Crippen molar-refractivity contribution in [1.82, 2.24) is 15.0 Å². The third-order valence-corrected chi connectivity index (χ3v) is 4.55. The Morgan fingerprint density at radius 2 is 1.56 bits per heavy atom. The van der Waals surface area contributed by atoms with Crippen LogP contribution in [0.25, 0.3) is 22.6 Å². The monoisotopic (exact) mass is 375 g/mol. The number of imidazole rings is 1. The first-order valence-corrected chi connectivity index (χ1v) is 9.01. The van der Waals surface area contributed by atoms with Gasteiger partial charge in [-0.25, -0.2) is 4.98 Å². The Morgan fingerprint density at radius 1 is 0.889 bits per heavy atom. The molecule has 0 aliphatic heterocycles. The van der Waals surface area contributed by atoms with Gasteiger partial charge in [-0.15, -0.1) is 0 Å². The third-order valence-electron chi connectivity index (χ3n) is 4.30. The first-order chi connectivity index (χ1) is 13.2. The first-order valence-electron chi connectivity index (χ1n) is 8.64. The van der Waals surface area contributed by atoms with Gasteiger partial charge in [-0.2, -0.15) is 0 Å². The van der Waals surface area contributed by atoms with Crippen LogP contribution in [0.4, 0.5) is 0 Å². The Kier molecular flexibility index (Phi) is 4.90. The average Bonchev–Trinajstić information content (AvgIpc) is 3.10. The molecule has 5 heteroatoms. The second kappa shape index (κ2) is 7.64. The Hall–Kier alpha value is -3.11. The molecule has 0 saturated heterocycles. The molecule has 2 aromatic heterocycles. The normalized spacial score (nSPS) is 10.7. The molecule has 0 aliphatic rings. The van der Waals surface area contributed by atoms with Gasteiger partial charge in [-0.05, 0) is 66.6 Å². The van der Waals surface area contributed by atoms with Crippen LogP contribution in [0.15, 0.2) is 73.1 Å². The van der Waals surface area contributed by atoms with Gasteiger partial charge in [-0.3, -0.25) is 4.98 Å². The third kappa shape index (κ3) is 4.01. The van der Waals surface area contributed by atoms with Crippen molar-refractivity contribution in [2.75, 3.05) is 0 Å². The van der Waals surface area contributed by atoms with Crippen LogP contribution < -0.4 is 4.74 Å². The second-order valence-electron chi connectivity index (χ2n) is 6.22. The molecule has 4 nitrogen and oxygen atoms in total. The number of nitrogens with zero attached hydrogens (tertiary/aromatic N) is 2. The van der Waals surface area contributed by atoms with Gasteiger partial charge >= 0.3 is 0 Å². The van der Waals surface area contributed by atoms with E-state index in [1.54, 1.807) is 12.4 Å². The zero-order valence-corrected chi connectivity index (χ0v) is 15.6. The van der Waals surface area contributed by atoms with E-state index in [-0.39, 0.29) is 0 Å². The summed E-state index contributed by atoms with van der Waals surface area (Å²) in [5, 5.41) is 0.721. The van der Waals surface area contributed by atoms with E-state index in [9.17, 15) is 0 Å². The van der Waals surface area contributed by atoms with Crippen molar-refractivity contribution < 1.29 is 4.74 Å². The highest BCUT2D eigenvalue weighted by Crippen LogP contribution is 2.27. The van der Waals surface area contributed by atoms with Crippen LogP contribution in [0.2, 0.25) is 5.02 Å².